The molecule has 0 atom stereocenters. The normalized spacial score (nSPS) is 11.3. The van der Waals surface area contributed by atoms with Crippen molar-refractivity contribution in [3.05, 3.63) is 63.6 Å². The van der Waals surface area contributed by atoms with Gasteiger partial charge >= 0.3 is 0 Å². The largest absolute Gasteiger partial charge is 0.352 e. The minimum atomic E-state index is -3.98. The third-order valence-electron chi connectivity index (χ3n) is 3.11. The summed E-state index contributed by atoms with van der Waals surface area (Å²) in [5.74, 6) is -0.402. The van der Waals surface area contributed by atoms with Gasteiger partial charge in [-0.25, -0.2) is 13.6 Å². The highest BCUT2D eigenvalue weighted by Gasteiger charge is 2.16. The van der Waals surface area contributed by atoms with Crippen molar-refractivity contribution in [2.24, 2.45) is 5.14 Å². The maximum absolute atomic E-state index is 12.1. The molecule has 0 aliphatic rings. The number of hydrogen-bond acceptors (Lipinski definition) is 3. The Labute approximate surface area is 144 Å². The molecule has 0 spiro atoms. The number of nitrogens with one attached hydrogen (secondary N) is 1. The average Bonchev–Trinajstić information content (AvgIpc) is 2.48. The van der Waals surface area contributed by atoms with Crippen molar-refractivity contribution in [3.63, 3.8) is 0 Å². The minimum Gasteiger partial charge on any atom is -0.352 e. The highest BCUT2D eigenvalue weighted by atomic mass is 35.5. The topological polar surface area (TPSA) is 89.3 Å². The Kier molecular flexibility index (Phi) is 5.64. The number of nitrogens with two attached hydrogens (primary N) is 1. The number of sulfonamides is 1. The van der Waals surface area contributed by atoms with Crippen LogP contribution >= 0.6 is 23.2 Å². The quantitative estimate of drug-likeness (QED) is 0.844. The molecular weight excluding hydrogens is 359 g/mol. The molecule has 0 saturated carbocycles. The van der Waals surface area contributed by atoms with Crippen LogP contribution in [0.3, 0.4) is 0 Å². The molecule has 2 rings (SSSR count). The monoisotopic (exact) mass is 372 g/mol. The molecule has 0 aromatic heterocycles. The molecule has 122 valence electrons. The molecule has 5 nitrogen and oxygen atoms in total. The Bertz CT molecular complexity index is 821. The van der Waals surface area contributed by atoms with E-state index in [0.717, 1.165) is 11.6 Å². The number of carbonyl (C=O) groups excluding carboxylic acids is 1. The molecule has 1 amide bonds. The van der Waals surface area contributed by atoms with Crippen LogP contribution in [0.4, 0.5) is 0 Å². The van der Waals surface area contributed by atoms with E-state index in [4.69, 9.17) is 28.3 Å². The number of carbonyl (C=O) groups is 1. The molecule has 3 N–H and O–H groups in total. The first-order chi connectivity index (χ1) is 10.8. The molecule has 0 fully saturated rings. The molecule has 0 saturated heterocycles. The van der Waals surface area contributed by atoms with Crippen molar-refractivity contribution in [3.8, 4) is 0 Å². The molecule has 2 aromatic carbocycles. The Morgan fingerprint density at radius 2 is 1.74 bits per heavy atom. The van der Waals surface area contributed by atoms with Gasteiger partial charge in [0.15, 0.2) is 0 Å². The van der Waals surface area contributed by atoms with Gasteiger partial charge in [0.05, 0.1) is 5.02 Å². The lowest BCUT2D eigenvalue weighted by molar-refractivity contribution is 0.0954. The Morgan fingerprint density at radius 1 is 1.09 bits per heavy atom. The van der Waals surface area contributed by atoms with E-state index in [1.54, 1.807) is 12.1 Å². The summed E-state index contributed by atoms with van der Waals surface area (Å²) in [4.78, 5) is 11.8. The van der Waals surface area contributed by atoms with Gasteiger partial charge in [-0.1, -0.05) is 35.3 Å². The summed E-state index contributed by atoms with van der Waals surface area (Å²) in [7, 11) is -3.98. The van der Waals surface area contributed by atoms with Crippen LogP contribution in [0.25, 0.3) is 0 Å². The fraction of sp³-hybridized carbons (Fsp3) is 0.133. The SMILES string of the molecule is NS(=O)(=O)c1cc(C(=O)NCCc2ccc(Cl)cc2)ccc1Cl. The summed E-state index contributed by atoms with van der Waals surface area (Å²) in [6.07, 6.45) is 0.624. The zero-order valence-corrected chi connectivity index (χ0v) is 14.3. The van der Waals surface area contributed by atoms with Gasteiger partial charge < -0.3 is 5.32 Å². The number of amides is 1. The van der Waals surface area contributed by atoms with Gasteiger partial charge in [0.2, 0.25) is 10.0 Å². The van der Waals surface area contributed by atoms with Crippen LogP contribution in [0.15, 0.2) is 47.4 Å². The smallest absolute Gasteiger partial charge is 0.251 e. The van der Waals surface area contributed by atoms with Gasteiger partial charge in [-0.05, 0) is 42.3 Å². The van der Waals surface area contributed by atoms with Crippen molar-refractivity contribution in [2.45, 2.75) is 11.3 Å². The van der Waals surface area contributed by atoms with Crippen LogP contribution in [-0.4, -0.2) is 20.9 Å². The number of primary sulfonamides is 1. The standard InChI is InChI=1S/C15H14Cl2N2O3S/c16-12-4-1-10(2-5-12)7-8-19-15(20)11-3-6-13(17)14(9-11)23(18,21)22/h1-6,9H,7-8H2,(H,19,20)(H2,18,21,22). The van der Waals surface area contributed by atoms with E-state index in [1.165, 1.54) is 12.1 Å². The molecule has 0 aliphatic heterocycles. The highest BCUT2D eigenvalue weighted by Crippen LogP contribution is 2.21. The van der Waals surface area contributed by atoms with E-state index in [-0.39, 0.29) is 15.5 Å². The first kappa shape index (κ1) is 17.7. The average molecular weight is 373 g/mol. The molecule has 8 heteroatoms. The van der Waals surface area contributed by atoms with Crippen LogP contribution in [0.2, 0.25) is 10.0 Å². The van der Waals surface area contributed by atoms with Crippen LogP contribution in [0.1, 0.15) is 15.9 Å². The number of hydrogen-bond donors (Lipinski definition) is 2. The molecule has 0 bridgehead atoms. The van der Waals surface area contributed by atoms with Crippen LogP contribution in [-0.2, 0) is 16.4 Å². The zero-order valence-electron chi connectivity index (χ0n) is 11.9. The fourth-order valence-electron chi connectivity index (χ4n) is 1.94. The highest BCUT2D eigenvalue weighted by molar-refractivity contribution is 7.89. The maximum atomic E-state index is 12.1. The van der Waals surface area contributed by atoms with Crippen molar-refractivity contribution >= 4 is 39.1 Å². The molecule has 0 aliphatic carbocycles. The third-order valence-corrected chi connectivity index (χ3v) is 4.76. The zero-order chi connectivity index (χ0) is 17.0. The van der Waals surface area contributed by atoms with Crippen molar-refractivity contribution in [1.82, 2.24) is 5.32 Å². The van der Waals surface area contributed by atoms with E-state index in [9.17, 15) is 13.2 Å². The molecule has 0 radical (unpaired) electrons. The summed E-state index contributed by atoms with van der Waals surface area (Å²) in [6, 6.07) is 11.2. The number of benzene rings is 2. The lowest BCUT2D eigenvalue weighted by Gasteiger charge is -2.08. The van der Waals surface area contributed by atoms with Gasteiger partial charge in [0, 0.05) is 17.1 Å². The summed E-state index contributed by atoms with van der Waals surface area (Å²) in [5.41, 5.74) is 1.20. The molecule has 0 heterocycles. The molecule has 23 heavy (non-hydrogen) atoms. The first-order valence-electron chi connectivity index (χ1n) is 6.62. The van der Waals surface area contributed by atoms with Crippen LogP contribution < -0.4 is 10.5 Å². The second kappa shape index (κ2) is 7.31. The Hall–Kier alpha value is -1.60. The minimum absolute atomic E-state index is 0.0229. The second-order valence-electron chi connectivity index (χ2n) is 4.82. The summed E-state index contributed by atoms with van der Waals surface area (Å²) >= 11 is 11.6. The summed E-state index contributed by atoms with van der Waals surface area (Å²) in [6.45, 7) is 0.397. The van der Waals surface area contributed by atoms with Gasteiger partial charge in [0.1, 0.15) is 4.90 Å². The molecular formula is C15H14Cl2N2O3S. The molecule has 0 unspecified atom stereocenters. The van der Waals surface area contributed by atoms with E-state index < -0.39 is 15.9 Å². The number of rotatable bonds is 5. The lowest BCUT2D eigenvalue weighted by Crippen LogP contribution is -2.26. The van der Waals surface area contributed by atoms with E-state index in [2.05, 4.69) is 5.32 Å². The van der Waals surface area contributed by atoms with Crippen LogP contribution in [0, 0.1) is 0 Å². The van der Waals surface area contributed by atoms with Crippen molar-refractivity contribution < 1.29 is 13.2 Å². The predicted molar refractivity (Wildman–Crippen MR) is 90.3 cm³/mol. The Morgan fingerprint density at radius 3 is 2.35 bits per heavy atom. The first-order valence-corrected chi connectivity index (χ1v) is 8.92. The predicted octanol–water partition coefficient (Wildman–Crippen LogP) is 2.61. The van der Waals surface area contributed by atoms with E-state index >= 15 is 0 Å². The van der Waals surface area contributed by atoms with Crippen molar-refractivity contribution in [1.29, 1.82) is 0 Å². The van der Waals surface area contributed by atoms with Gasteiger partial charge in [-0.2, -0.15) is 0 Å². The van der Waals surface area contributed by atoms with E-state index in [1.807, 2.05) is 12.1 Å². The lowest BCUT2D eigenvalue weighted by atomic mass is 10.1. The van der Waals surface area contributed by atoms with Crippen LogP contribution in [0.5, 0.6) is 0 Å². The summed E-state index contributed by atoms with van der Waals surface area (Å²) < 4.78 is 22.8. The van der Waals surface area contributed by atoms with Crippen molar-refractivity contribution in [2.75, 3.05) is 6.54 Å². The maximum Gasteiger partial charge on any atom is 0.251 e. The van der Waals surface area contributed by atoms with Gasteiger partial charge in [-0.15, -0.1) is 0 Å². The second-order valence-corrected chi connectivity index (χ2v) is 7.20. The van der Waals surface area contributed by atoms with Gasteiger partial charge in [-0.3, -0.25) is 4.79 Å². The number of halogens is 2. The Balaban J connectivity index is 2.02. The van der Waals surface area contributed by atoms with Gasteiger partial charge in [0.25, 0.3) is 5.91 Å². The van der Waals surface area contributed by atoms with E-state index in [0.29, 0.717) is 18.0 Å². The fourth-order valence-corrected chi connectivity index (χ4v) is 3.13. The summed E-state index contributed by atoms with van der Waals surface area (Å²) in [5, 5.41) is 8.39. The molecule has 2 aromatic rings. The third kappa shape index (κ3) is 4.94.